The molecule has 2 aromatic rings. The van der Waals surface area contributed by atoms with Crippen LogP contribution in [0.2, 0.25) is 0 Å². The Morgan fingerprint density at radius 3 is 2.16 bits per heavy atom. The molecule has 0 heterocycles. The molecule has 32 heavy (non-hydrogen) atoms. The van der Waals surface area contributed by atoms with Gasteiger partial charge in [-0.1, -0.05) is 24.0 Å². The van der Waals surface area contributed by atoms with Crippen LogP contribution in [0.15, 0.2) is 54.6 Å². The van der Waals surface area contributed by atoms with Gasteiger partial charge in [-0.15, -0.1) is 0 Å². The Bertz CT molecular complexity index is 913. The summed E-state index contributed by atoms with van der Waals surface area (Å²) >= 11 is 0. The van der Waals surface area contributed by atoms with E-state index in [1.54, 1.807) is 13.0 Å². The van der Waals surface area contributed by atoms with Crippen molar-refractivity contribution in [3.05, 3.63) is 65.7 Å². The first kappa shape index (κ1) is 24.8. The normalized spacial score (nSPS) is 11.5. The van der Waals surface area contributed by atoms with E-state index in [9.17, 15) is 9.90 Å². The molecular weight excluding hydrogens is 408 g/mol. The summed E-state index contributed by atoms with van der Waals surface area (Å²) in [7, 11) is 0. The highest BCUT2D eigenvalue weighted by Gasteiger charge is 2.17. The van der Waals surface area contributed by atoms with E-state index in [4.69, 9.17) is 18.9 Å². The van der Waals surface area contributed by atoms with Gasteiger partial charge in [-0.05, 0) is 62.8 Å². The summed E-state index contributed by atoms with van der Waals surface area (Å²) in [6.45, 7) is 7.53. The molecule has 2 rings (SSSR count). The number of aliphatic carboxylic acids is 1. The van der Waals surface area contributed by atoms with Crippen molar-refractivity contribution >= 4 is 5.97 Å². The number of hydrogen-bond donors (Lipinski definition) is 1. The van der Waals surface area contributed by atoms with Gasteiger partial charge in [0.1, 0.15) is 23.9 Å². The fourth-order valence-electron chi connectivity index (χ4n) is 2.87. The van der Waals surface area contributed by atoms with Crippen molar-refractivity contribution in [1.82, 2.24) is 0 Å². The number of rotatable bonds is 12. The third kappa shape index (κ3) is 8.75. The summed E-state index contributed by atoms with van der Waals surface area (Å²) in [5.74, 6) is 7.26. The van der Waals surface area contributed by atoms with Gasteiger partial charge in [-0.3, -0.25) is 0 Å². The van der Waals surface area contributed by atoms with Crippen LogP contribution in [0.5, 0.6) is 17.2 Å². The Kier molecular flexibility index (Phi) is 10.7. The largest absolute Gasteiger partial charge is 0.494 e. The molecule has 6 nitrogen and oxygen atoms in total. The minimum Gasteiger partial charge on any atom is -0.494 e. The van der Waals surface area contributed by atoms with E-state index < -0.39 is 12.1 Å². The smallest absolute Gasteiger partial charge is 0.333 e. The molecule has 0 spiro atoms. The topological polar surface area (TPSA) is 74.2 Å². The van der Waals surface area contributed by atoms with Gasteiger partial charge in [0, 0.05) is 24.7 Å². The number of allylic oxidation sites excluding steroid dienone is 1. The summed E-state index contributed by atoms with van der Waals surface area (Å²) in [6, 6.07) is 12.9. The van der Waals surface area contributed by atoms with Gasteiger partial charge in [0.25, 0.3) is 0 Å². The summed E-state index contributed by atoms with van der Waals surface area (Å²) in [5.41, 5.74) is 1.69. The molecule has 0 fully saturated rings. The molecule has 0 bridgehead atoms. The van der Waals surface area contributed by atoms with E-state index in [2.05, 4.69) is 11.8 Å². The SMILES string of the molecule is CCOc1cc(C#CC=CCOc2ccc(C[C@H](OCC)C(=O)O)cc2)cc(OCC)c1. The molecule has 2 aromatic carbocycles. The van der Waals surface area contributed by atoms with E-state index >= 15 is 0 Å². The first-order valence-corrected chi connectivity index (χ1v) is 10.7. The van der Waals surface area contributed by atoms with Crippen LogP contribution in [-0.2, 0) is 16.0 Å². The van der Waals surface area contributed by atoms with Gasteiger partial charge in [-0.2, -0.15) is 0 Å². The number of benzene rings is 2. The van der Waals surface area contributed by atoms with E-state index in [-0.39, 0.29) is 0 Å². The lowest BCUT2D eigenvalue weighted by atomic mass is 10.1. The average Bonchev–Trinajstić information content (AvgIpc) is 2.77. The molecule has 0 aliphatic carbocycles. The molecule has 0 amide bonds. The van der Waals surface area contributed by atoms with E-state index in [1.807, 2.05) is 62.4 Å². The lowest BCUT2D eigenvalue weighted by Crippen LogP contribution is -2.26. The van der Waals surface area contributed by atoms with Crippen LogP contribution in [0.3, 0.4) is 0 Å². The van der Waals surface area contributed by atoms with Crippen LogP contribution >= 0.6 is 0 Å². The molecule has 1 N–H and O–H groups in total. The minimum atomic E-state index is -0.961. The Morgan fingerprint density at radius 1 is 0.938 bits per heavy atom. The molecule has 170 valence electrons. The van der Waals surface area contributed by atoms with Gasteiger partial charge in [0.05, 0.1) is 13.2 Å². The maximum atomic E-state index is 11.2. The minimum absolute atomic E-state index is 0.314. The maximum Gasteiger partial charge on any atom is 0.333 e. The van der Waals surface area contributed by atoms with Crippen LogP contribution in [0.4, 0.5) is 0 Å². The highest BCUT2D eigenvalue weighted by atomic mass is 16.5. The summed E-state index contributed by atoms with van der Waals surface area (Å²) in [6.07, 6.45) is 3.04. The Labute approximate surface area is 189 Å². The molecule has 0 radical (unpaired) electrons. The lowest BCUT2D eigenvalue weighted by Gasteiger charge is -2.12. The fraction of sp³-hybridized carbons (Fsp3) is 0.346. The molecule has 6 heteroatoms. The maximum absolute atomic E-state index is 11.2. The van der Waals surface area contributed by atoms with Crippen molar-refractivity contribution in [3.63, 3.8) is 0 Å². The molecule has 0 unspecified atom stereocenters. The average molecular weight is 439 g/mol. The zero-order chi connectivity index (χ0) is 23.2. The molecule has 0 saturated heterocycles. The fourth-order valence-corrected chi connectivity index (χ4v) is 2.87. The van der Waals surface area contributed by atoms with Crippen molar-refractivity contribution in [3.8, 4) is 29.1 Å². The predicted molar refractivity (Wildman–Crippen MR) is 123 cm³/mol. The van der Waals surface area contributed by atoms with E-state index in [0.29, 0.717) is 38.6 Å². The van der Waals surface area contributed by atoms with Gasteiger partial charge >= 0.3 is 5.97 Å². The third-order valence-corrected chi connectivity index (χ3v) is 4.25. The monoisotopic (exact) mass is 438 g/mol. The van der Waals surface area contributed by atoms with Crippen LogP contribution in [0.1, 0.15) is 31.9 Å². The van der Waals surface area contributed by atoms with E-state index in [1.165, 1.54) is 0 Å². The van der Waals surface area contributed by atoms with Gasteiger partial charge in [-0.25, -0.2) is 4.79 Å². The predicted octanol–water partition coefficient (Wildman–Crippen LogP) is 4.50. The molecule has 1 atom stereocenters. The van der Waals surface area contributed by atoms with Crippen molar-refractivity contribution in [2.45, 2.75) is 33.3 Å². The van der Waals surface area contributed by atoms with Crippen LogP contribution in [0.25, 0.3) is 0 Å². The van der Waals surface area contributed by atoms with Crippen molar-refractivity contribution in [2.75, 3.05) is 26.4 Å². The zero-order valence-electron chi connectivity index (χ0n) is 18.8. The first-order chi connectivity index (χ1) is 15.5. The van der Waals surface area contributed by atoms with Gasteiger partial charge < -0.3 is 24.1 Å². The standard InChI is InChI=1S/C26H30O6/c1-4-29-23-16-21(17-24(19-23)30-5-2)10-8-7-9-15-32-22-13-11-20(12-14-22)18-25(26(27)28)31-6-3/h7,9,11-14,16-17,19,25H,4-6,15,18H2,1-3H3,(H,27,28)/t25-/m0/s1. The number of ether oxygens (including phenoxy) is 4. The second kappa shape index (κ2) is 13.8. The van der Waals surface area contributed by atoms with Gasteiger partial charge in [0.15, 0.2) is 6.10 Å². The first-order valence-electron chi connectivity index (χ1n) is 10.7. The van der Waals surface area contributed by atoms with Crippen LogP contribution in [0, 0.1) is 11.8 Å². The lowest BCUT2D eigenvalue weighted by molar-refractivity contribution is -0.149. The van der Waals surface area contributed by atoms with Crippen molar-refractivity contribution in [2.24, 2.45) is 0 Å². The number of hydrogen-bond acceptors (Lipinski definition) is 5. The molecule has 0 aliphatic rings. The summed E-state index contributed by atoms with van der Waals surface area (Å²) < 4.78 is 22.0. The molecular formula is C26H30O6. The second-order valence-electron chi connectivity index (χ2n) is 6.67. The summed E-state index contributed by atoms with van der Waals surface area (Å²) in [5, 5.41) is 9.17. The Balaban J connectivity index is 1.87. The van der Waals surface area contributed by atoms with Crippen LogP contribution in [-0.4, -0.2) is 43.6 Å². The van der Waals surface area contributed by atoms with E-state index in [0.717, 1.165) is 22.6 Å². The number of carboxylic acids is 1. The van der Waals surface area contributed by atoms with Crippen molar-refractivity contribution < 1.29 is 28.8 Å². The second-order valence-corrected chi connectivity index (χ2v) is 6.67. The Morgan fingerprint density at radius 2 is 1.59 bits per heavy atom. The molecule has 0 saturated carbocycles. The summed E-state index contributed by atoms with van der Waals surface area (Å²) in [4.78, 5) is 11.2. The Hall–Kier alpha value is -3.43. The molecule has 0 aliphatic heterocycles. The van der Waals surface area contributed by atoms with Crippen LogP contribution < -0.4 is 14.2 Å². The molecule has 0 aromatic heterocycles. The van der Waals surface area contributed by atoms with Crippen molar-refractivity contribution in [1.29, 1.82) is 0 Å². The highest BCUT2D eigenvalue weighted by Crippen LogP contribution is 2.22. The number of carboxylic acid groups (broad SMARTS) is 1. The quantitative estimate of drug-likeness (QED) is 0.492. The third-order valence-electron chi connectivity index (χ3n) is 4.25. The highest BCUT2D eigenvalue weighted by molar-refractivity contribution is 5.72. The zero-order valence-corrected chi connectivity index (χ0v) is 18.8. The number of carbonyl (C=O) groups is 1. The van der Waals surface area contributed by atoms with Gasteiger partial charge in [0.2, 0.25) is 0 Å².